The molecule has 9 nitrogen and oxygen atoms in total. The normalized spacial score (nSPS) is 15.1. The Morgan fingerprint density at radius 2 is 1.84 bits per heavy atom. The average molecular weight is 536 g/mol. The number of carbonyl (C=O) groups excluding carboxylic acids is 1. The number of nitrogens with zero attached hydrogens (tertiary/aromatic N) is 4. The predicted octanol–water partition coefficient (Wildman–Crippen LogP) is 4.79. The van der Waals surface area contributed by atoms with E-state index < -0.39 is 44.6 Å². The third-order valence-electron chi connectivity index (χ3n) is 6.37. The minimum Gasteiger partial charge on any atom is -0.416 e. The number of rotatable bonds is 6. The number of hydrogen-bond donors (Lipinski definition) is 1. The predicted molar refractivity (Wildman–Crippen MR) is 127 cm³/mol. The third-order valence-corrected chi connectivity index (χ3v) is 7.48. The van der Waals surface area contributed by atoms with E-state index in [1.165, 1.54) is 24.3 Å². The van der Waals surface area contributed by atoms with Gasteiger partial charge in [-0.15, -0.1) is 10.2 Å². The van der Waals surface area contributed by atoms with Crippen LogP contribution in [0.2, 0.25) is 0 Å². The van der Waals surface area contributed by atoms with Crippen molar-refractivity contribution in [1.29, 1.82) is 0 Å². The lowest BCUT2D eigenvalue weighted by atomic mass is 9.68. The summed E-state index contributed by atoms with van der Waals surface area (Å²) in [6.07, 6.45) is 0.679. The Kier molecular flexibility index (Phi) is 6.69. The van der Waals surface area contributed by atoms with Gasteiger partial charge in [-0.3, -0.25) is 9.78 Å². The van der Waals surface area contributed by atoms with Gasteiger partial charge in [0, 0.05) is 17.4 Å². The van der Waals surface area contributed by atoms with E-state index in [-0.39, 0.29) is 21.9 Å². The van der Waals surface area contributed by atoms with Crippen LogP contribution in [-0.2, 0) is 21.4 Å². The molecule has 1 fully saturated rings. The molecule has 13 heteroatoms. The molecular formula is C24H24F3N5O4S. The summed E-state index contributed by atoms with van der Waals surface area (Å²) in [5, 5.41) is 9.21. The minimum absolute atomic E-state index is 0.0340. The molecule has 0 spiro atoms. The average Bonchev–Trinajstić information content (AvgIpc) is 2.77. The first kappa shape index (κ1) is 26.5. The number of alkyl halides is 3. The van der Waals surface area contributed by atoms with Gasteiger partial charge in [0.2, 0.25) is 5.88 Å². The number of carbonyl (C=O) groups is 1. The van der Waals surface area contributed by atoms with E-state index in [2.05, 4.69) is 32.4 Å². The van der Waals surface area contributed by atoms with Crippen LogP contribution < -0.4 is 10.1 Å². The summed E-state index contributed by atoms with van der Waals surface area (Å²) in [6, 6.07) is 5.32. The van der Waals surface area contributed by atoms with Crippen molar-refractivity contribution in [2.24, 2.45) is 0 Å². The van der Waals surface area contributed by atoms with Gasteiger partial charge in [-0.25, -0.2) is 13.4 Å². The number of benzene rings is 1. The fourth-order valence-corrected chi connectivity index (χ4v) is 4.69. The van der Waals surface area contributed by atoms with Crippen LogP contribution >= 0.6 is 0 Å². The Morgan fingerprint density at radius 3 is 2.41 bits per heavy atom. The Hall–Kier alpha value is -3.61. The maximum Gasteiger partial charge on any atom is 0.435 e. The molecule has 2 heterocycles. The lowest BCUT2D eigenvalue weighted by Gasteiger charge is -2.37. The van der Waals surface area contributed by atoms with Gasteiger partial charge in [0.1, 0.15) is 11.3 Å². The molecule has 0 aliphatic heterocycles. The molecule has 1 amide bonds. The van der Waals surface area contributed by atoms with E-state index in [1.807, 2.05) is 0 Å². The standard InChI is InChI=1S/C24H24F3N5O4S/c1-13-18(20(33)30-15-7-5-8-16(11-15)37(4,34)35)22(32-31-19(13)24(25,26)27)36-21-14(2)29-17(12-28-21)23(3)9-6-10-23/h5,7-8,11-12H,6,9-10H2,1-4H3,(H,30,33). The maximum absolute atomic E-state index is 13.6. The second-order valence-corrected chi connectivity index (χ2v) is 11.3. The highest BCUT2D eigenvalue weighted by Gasteiger charge is 2.39. The van der Waals surface area contributed by atoms with E-state index in [0.29, 0.717) is 5.69 Å². The fourth-order valence-electron chi connectivity index (χ4n) is 4.02. The Labute approximate surface area is 211 Å². The largest absolute Gasteiger partial charge is 0.435 e. The second-order valence-electron chi connectivity index (χ2n) is 9.27. The van der Waals surface area contributed by atoms with Gasteiger partial charge in [-0.05, 0) is 50.5 Å². The van der Waals surface area contributed by atoms with Crippen LogP contribution in [0.3, 0.4) is 0 Å². The zero-order valence-corrected chi connectivity index (χ0v) is 21.3. The summed E-state index contributed by atoms with van der Waals surface area (Å²) in [4.78, 5) is 21.9. The zero-order chi connectivity index (χ0) is 27.2. The van der Waals surface area contributed by atoms with E-state index in [0.717, 1.165) is 38.1 Å². The van der Waals surface area contributed by atoms with E-state index in [4.69, 9.17) is 4.74 Å². The van der Waals surface area contributed by atoms with Crippen LogP contribution in [0.15, 0.2) is 35.4 Å². The highest BCUT2D eigenvalue weighted by atomic mass is 32.2. The molecule has 0 radical (unpaired) electrons. The van der Waals surface area contributed by atoms with Crippen LogP contribution in [-0.4, -0.2) is 40.7 Å². The van der Waals surface area contributed by atoms with E-state index in [1.54, 1.807) is 13.1 Å². The fraction of sp³-hybridized carbons (Fsp3) is 0.375. The maximum atomic E-state index is 13.6. The molecule has 0 bridgehead atoms. The number of amides is 1. The summed E-state index contributed by atoms with van der Waals surface area (Å²) >= 11 is 0. The first-order valence-corrected chi connectivity index (χ1v) is 13.2. The van der Waals surface area contributed by atoms with Gasteiger partial charge in [0.05, 0.1) is 16.8 Å². The summed E-state index contributed by atoms with van der Waals surface area (Å²) in [5.74, 6) is -1.53. The Bertz CT molecular complexity index is 1490. The number of aromatic nitrogens is 4. The Morgan fingerprint density at radius 1 is 1.14 bits per heavy atom. The van der Waals surface area contributed by atoms with Crippen LogP contribution in [0.4, 0.5) is 18.9 Å². The molecule has 3 aromatic rings. The zero-order valence-electron chi connectivity index (χ0n) is 20.5. The molecular weight excluding hydrogens is 511 g/mol. The molecule has 0 unspecified atom stereocenters. The summed E-state index contributed by atoms with van der Waals surface area (Å²) in [7, 11) is -3.59. The monoisotopic (exact) mass is 535 g/mol. The molecule has 196 valence electrons. The molecule has 1 saturated carbocycles. The molecule has 0 saturated heterocycles. The molecule has 0 atom stereocenters. The lowest BCUT2D eigenvalue weighted by molar-refractivity contribution is -0.142. The molecule has 2 aromatic heterocycles. The quantitative estimate of drug-likeness (QED) is 0.478. The van der Waals surface area contributed by atoms with Crippen molar-refractivity contribution in [1.82, 2.24) is 20.2 Å². The molecule has 1 aromatic carbocycles. The molecule has 1 aliphatic carbocycles. The SMILES string of the molecule is Cc1nc(C2(C)CCC2)cnc1Oc1nnc(C(F)(F)F)c(C)c1C(=O)Nc1cccc(S(C)(=O)=O)c1. The van der Waals surface area contributed by atoms with E-state index >= 15 is 0 Å². The number of ether oxygens (including phenoxy) is 1. The Balaban J connectivity index is 1.73. The van der Waals surface area contributed by atoms with E-state index in [9.17, 15) is 26.4 Å². The summed E-state index contributed by atoms with van der Waals surface area (Å²) < 4.78 is 70.1. The van der Waals surface area contributed by atoms with Crippen molar-refractivity contribution in [2.45, 2.75) is 56.5 Å². The number of hydrogen-bond acceptors (Lipinski definition) is 8. The molecule has 1 aliphatic rings. The molecule has 4 rings (SSSR count). The van der Waals surface area contributed by atoms with Crippen molar-refractivity contribution in [3.05, 3.63) is 58.7 Å². The van der Waals surface area contributed by atoms with Crippen LogP contribution in [0, 0.1) is 13.8 Å². The summed E-state index contributed by atoms with van der Waals surface area (Å²) in [5.41, 5.74) is -1.28. The van der Waals surface area contributed by atoms with Gasteiger partial charge in [0.25, 0.3) is 11.8 Å². The van der Waals surface area contributed by atoms with Gasteiger partial charge < -0.3 is 10.1 Å². The number of halogens is 3. The highest BCUT2D eigenvalue weighted by Crippen LogP contribution is 2.42. The van der Waals surface area contributed by atoms with Crippen molar-refractivity contribution in [3.8, 4) is 11.8 Å². The van der Waals surface area contributed by atoms with Crippen LogP contribution in [0.5, 0.6) is 11.8 Å². The van der Waals surface area contributed by atoms with Crippen molar-refractivity contribution < 1.29 is 31.1 Å². The van der Waals surface area contributed by atoms with Crippen molar-refractivity contribution >= 4 is 21.4 Å². The number of sulfone groups is 1. The number of anilines is 1. The summed E-state index contributed by atoms with van der Waals surface area (Å²) in [6.45, 7) is 4.78. The van der Waals surface area contributed by atoms with Crippen molar-refractivity contribution in [2.75, 3.05) is 11.6 Å². The first-order chi connectivity index (χ1) is 17.2. The number of nitrogens with one attached hydrogen (secondary N) is 1. The lowest BCUT2D eigenvalue weighted by Crippen LogP contribution is -2.31. The van der Waals surface area contributed by atoms with Gasteiger partial charge in [-0.2, -0.15) is 13.2 Å². The molecule has 1 N–H and O–H groups in total. The second kappa shape index (κ2) is 9.36. The molecule has 37 heavy (non-hydrogen) atoms. The minimum atomic E-state index is -4.88. The topological polar surface area (TPSA) is 124 Å². The van der Waals surface area contributed by atoms with Crippen LogP contribution in [0.25, 0.3) is 0 Å². The van der Waals surface area contributed by atoms with Crippen LogP contribution in [0.1, 0.15) is 59.2 Å². The third kappa shape index (κ3) is 5.41. The highest BCUT2D eigenvalue weighted by molar-refractivity contribution is 7.90. The first-order valence-electron chi connectivity index (χ1n) is 11.3. The smallest absolute Gasteiger partial charge is 0.416 e. The van der Waals surface area contributed by atoms with Gasteiger partial charge in [-0.1, -0.05) is 19.4 Å². The van der Waals surface area contributed by atoms with Crippen molar-refractivity contribution in [3.63, 3.8) is 0 Å². The number of aryl methyl sites for hydroxylation is 1. The van der Waals surface area contributed by atoms with Gasteiger partial charge >= 0.3 is 6.18 Å². The van der Waals surface area contributed by atoms with Gasteiger partial charge in [0.15, 0.2) is 15.5 Å².